The molecule has 0 radical (unpaired) electrons. The molecule has 0 N–H and O–H groups in total. The molecule has 0 unspecified atom stereocenters. The lowest BCUT2D eigenvalue weighted by molar-refractivity contribution is -0.117. The Balaban J connectivity index is 2.81. The smallest absolute Gasteiger partial charge is 0.158 e. The minimum atomic E-state index is 0.0855. The van der Waals surface area contributed by atoms with Crippen molar-refractivity contribution >= 4 is 11.6 Å². The van der Waals surface area contributed by atoms with E-state index < -0.39 is 0 Å². The van der Waals surface area contributed by atoms with E-state index in [1.165, 1.54) is 19.3 Å². The monoisotopic (exact) mass is 222 g/mol. The molecule has 1 rings (SSSR count). The van der Waals surface area contributed by atoms with Gasteiger partial charge < -0.3 is 0 Å². The minimum Gasteiger partial charge on any atom is -0.295 e. The molecule has 0 aromatic heterocycles. The maximum Gasteiger partial charge on any atom is 0.158 e. The molecular weight excluding hydrogens is 200 g/mol. The van der Waals surface area contributed by atoms with Crippen molar-refractivity contribution in [3.63, 3.8) is 0 Å². The summed E-state index contributed by atoms with van der Waals surface area (Å²) in [6.45, 7) is 3.71. The van der Waals surface area contributed by atoms with E-state index in [9.17, 15) is 9.59 Å². The number of rotatable bonds is 5. The molecule has 1 aliphatic carbocycles. The minimum absolute atomic E-state index is 0.0855. The van der Waals surface area contributed by atoms with Gasteiger partial charge in [-0.25, -0.2) is 0 Å². The standard InChI is InChI=1S/C14H22O2/c1-3-12(15)10-13(14(16)4-2)11-8-6-5-7-9-11/h10-11H,3-9H2,1-2H3. The summed E-state index contributed by atoms with van der Waals surface area (Å²) in [7, 11) is 0. The average molecular weight is 222 g/mol. The maximum absolute atomic E-state index is 11.8. The summed E-state index contributed by atoms with van der Waals surface area (Å²) < 4.78 is 0. The highest BCUT2D eigenvalue weighted by molar-refractivity contribution is 6.02. The third-order valence-electron chi connectivity index (χ3n) is 3.35. The van der Waals surface area contributed by atoms with Crippen molar-refractivity contribution in [3.05, 3.63) is 11.6 Å². The van der Waals surface area contributed by atoms with Crippen LogP contribution in [-0.2, 0) is 9.59 Å². The molecular formula is C14H22O2. The molecule has 0 aromatic carbocycles. The van der Waals surface area contributed by atoms with Crippen molar-refractivity contribution in [2.45, 2.75) is 58.8 Å². The van der Waals surface area contributed by atoms with Crippen LogP contribution in [0.5, 0.6) is 0 Å². The quantitative estimate of drug-likeness (QED) is 0.668. The second-order valence-corrected chi connectivity index (χ2v) is 4.53. The van der Waals surface area contributed by atoms with Crippen LogP contribution >= 0.6 is 0 Å². The van der Waals surface area contributed by atoms with Gasteiger partial charge in [0.2, 0.25) is 0 Å². The van der Waals surface area contributed by atoms with Crippen LogP contribution in [0.25, 0.3) is 0 Å². The number of carbonyl (C=O) groups excluding carboxylic acids is 2. The van der Waals surface area contributed by atoms with Crippen molar-refractivity contribution in [1.82, 2.24) is 0 Å². The Labute approximate surface area is 98.1 Å². The van der Waals surface area contributed by atoms with Crippen LogP contribution in [0.4, 0.5) is 0 Å². The summed E-state index contributed by atoms with van der Waals surface area (Å²) in [5, 5.41) is 0. The Morgan fingerprint density at radius 3 is 2.19 bits per heavy atom. The Kier molecular flexibility index (Phi) is 5.44. The predicted octanol–water partition coefficient (Wildman–Crippen LogP) is 3.45. The van der Waals surface area contributed by atoms with Crippen LogP contribution in [0.2, 0.25) is 0 Å². The summed E-state index contributed by atoms with van der Waals surface area (Å²) in [5.74, 6) is 0.591. The highest BCUT2D eigenvalue weighted by atomic mass is 16.1. The fourth-order valence-corrected chi connectivity index (χ4v) is 2.32. The van der Waals surface area contributed by atoms with Crippen molar-refractivity contribution in [1.29, 1.82) is 0 Å². The Morgan fingerprint density at radius 1 is 1.06 bits per heavy atom. The van der Waals surface area contributed by atoms with E-state index in [1.807, 2.05) is 13.8 Å². The summed E-state index contributed by atoms with van der Waals surface area (Å²) in [4.78, 5) is 23.3. The molecule has 0 aliphatic heterocycles. The van der Waals surface area contributed by atoms with E-state index in [1.54, 1.807) is 6.08 Å². The molecule has 1 fully saturated rings. The molecule has 2 heteroatoms. The summed E-state index contributed by atoms with van der Waals surface area (Å²) in [6.07, 6.45) is 8.43. The van der Waals surface area contributed by atoms with Crippen molar-refractivity contribution in [3.8, 4) is 0 Å². The SMILES string of the molecule is CCC(=O)C=C(C(=O)CC)C1CCCCC1. The zero-order chi connectivity index (χ0) is 12.0. The van der Waals surface area contributed by atoms with Gasteiger partial charge >= 0.3 is 0 Å². The second kappa shape index (κ2) is 6.62. The van der Waals surface area contributed by atoms with E-state index in [0.717, 1.165) is 18.4 Å². The molecule has 0 saturated heterocycles. The van der Waals surface area contributed by atoms with Gasteiger partial charge in [0.05, 0.1) is 0 Å². The fourth-order valence-electron chi connectivity index (χ4n) is 2.32. The lowest BCUT2D eigenvalue weighted by Gasteiger charge is -2.23. The Hall–Kier alpha value is -0.920. The van der Waals surface area contributed by atoms with E-state index in [-0.39, 0.29) is 11.6 Å². The highest BCUT2D eigenvalue weighted by Gasteiger charge is 2.22. The number of ketones is 2. The Bertz CT molecular complexity index is 283. The van der Waals surface area contributed by atoms with Crippen LogP contribution in [0.15, 0.2) is 11.6 Å². The molecule has 0 atom stereocenters. The van der Waals surface area contributed by atoms with Gasteiger partial charge in [-0.1, -0.05) is 33.1 Å². The number of allylic oxidation sites excluding steroid dienone is 2. The van der Waals surface area contributed by atoms with E-state index in [0.29, 0.717) is 18.8 Å². The van der Waals surface area contributed by atoms with Crippen molar-refractivity contribution in [2.24, 2.45) is 5.92 Å². The molecule has 0 amide bonds. The first-order chi connectivity index (χ1) is 7.69. The molecule has 1 aliphatic rings. The molecule has 16 heavy (non-hydrogen) atoms. The van der Waals surface area contributed by atoms with Gasteiger partial charge in [-0.2, -0.15) is 0 Å². The van der Waals surface area contributed by atoms with Crippen LogP contribution in [-0.4, -0.2) is 11.6 Å². The van der Waals surface area contributed by atoms with E-state index in [2.05, 4.69) is 0 Å². The van der Waals surface area contributed by atoms with Gasteiger partial charge in [0.15, 0.2) is 11.6 Å². The number of hydrogen-bond acceptors (Lipinski definition) is 2. The van der Waals surface area contributed by atoms with E-state index in [4.69, 9.17) is 0 Å². The van der Waals surface area contributed by atoms with Crippen LogP contribution < -0.4 is 0 Å². The lowest BCUT2D eigenvalue weighted by Crippen LogP contribution is -2.17. The molecule has 1 saturated carbocycles. The first-order valence-electron chi connectivity index (χ1n) is 6.46. The average Bonchev–Trinajstić information content (AvgIpc) is 2.35. The largest absolute Gasteiger partial charge is 0.295 e. The third kappa shape index (κ3) is 3.58. The topological polar surface area (TPSA) is 34.1 Å². The van der Waals surface area contributed by atoms with Gasteiger partial charge in [0, 0.05) is 18.4 Å². The van der Waals surface area contributed by atoms with Gasteiger partial charge in [-0.15, -0.1) is 0 Å². The first-order valence-corrected chi connectivity index (χ1v) is 6.46. The Morgan fingerprint density at radius 2 is 1.69 bits per heavy atom. The maximum atomic E-state index is 11.8. The molecule has 0 aromatic rings. The molecule has 0 heterocycles. The van der Waals surface area contributed by atoms with Gasteiger partial charge in [0.25, 0.3) is 0 Å². The van der Waals surface area contributed by atoms with Crippen LogP contribution in [0.1, 0.15) is 58.8 Å². The van der Waals surface area contributed by atoms with Crippen LogP contribution in [0.3, 0.4) is 0 Å². The lowest BCUT2D eigenvalue weighted by atomic mass is 9.81. The summed E-state index contributed by atoms with van der Waals surface area (Å²) in [6, 6.07) is 0. The van der Waals surface area contributed by atoms with Gasteiger partial charge in [-0.05, 0) is 24.8 Å². The molecule has 0 spiro atoms. The van der Waals surface area contributed by atoms with Gasteiger partial charge in [-0.3, -0.25) is 9.59 Å². The van der Waals surface area contributed by atoms with Crippen molar-refractivity contribution < 1.29 is 9.59 Å². The molecule has 90 valence electrons. The zero-order valence-electron chi connectivity index (χ0n) is 10.4. The van der Waals surface area contributed by atoms with E-state index >= 15 is 0 Å². The predicted molar refractivity (Wildman–Crippen MR) is 65.3 cm³/mol. The fraction of sp³-hybridized carbons (Fsp3) is 0.714. The molecule has 0 bridgehead atoms. The number of hydrogen-bond donors (Lipinski definition) is 0. The number of carbonyl (C=O) groups is 2. The second-order valence-electron chi connectivity index (χ2n) is 4.53. The van der Waals surface area contributed by atoms with Crippen molar-refractivity contribution in [2.75, 3.05) is 0 Å². The normalized spacial score (nSPS) is 18.5. The number of Topliss-reactive ketones (excluding diaryl/α,β-unsaturated/α-hetero) is 1. The van der Waals surface area contributed by atoms with Gasteiger partial charge in [0.1, 0.15) is 0 Å². The van der Waals surface area contributed by atoms with Crippen LogP contribution in [0, 0.1) is 5.92 Å². The summed E-state index contributed by atoms with van der Waals surface area (Å²) >= 11 is 0. The summed E-state index contributed by atoms with van der Waals surface area (Å²) in [5.41, 5.74) is 0.800. The third-order valence-corrected chi connectivity index (χ3v) is 3.35. The first kappa shape index (κ1) is 13.1. The molecule has 2 nitrogen and oxygen atoms in total. The zero-order valence-corrected chi connectivity index (χ0v) is 10.4. The highest BCUT2D eigenvalue weighted by Crippen LogP contribution is 2.30.